The molecule has 3 atom stereocenters. The number of ether oxygens (including phenoxy) is 1. The summed E-state index contributed by atoms with van der Waals surface area (Å²) in [6.07, 6.45) is 4.84. The molecule has 2 saturated carbocycles. The Morgan fingerprint density at radius 1 is 0.975 bits per heavy atom. The maximum Gasteiger partial charge on any atom is 0.243 e. The van der Waals surface area contributed by atoms with Gasteiger partial charge in [-0.05, 0) is 80.9 Å². The summed E-state index contributed by atoms with van der Waals surface area (Å²) >= 11 is 0. The molecule has 2 aliphatic rings. The summed E-state index contributed by atoms with van der Waals surface area (Å²) in [6.45, 7) is 9.07. The Kier molecular flexibility index (Phi) is 10.5. The predicted octanol–water partition coefficient (Wildman–Crippen LogP) is 3.24. The van der Waals surface area contributed by atoms with Crippen molar-refractivity contribution in [3.05, 3.63) is 29.3 Å². The lowest BCUT2D eigenvalue weighted by Crippen LogP contribution is -2.52. The normalized spacial score (nSPS) is 24.5. The van der Waals surface area contributed by atoms with Crippen molar-refractivity contribution in [2.75, 3.05) is 20.2 Å². The van der Waals surface area contributed by atoms with Gasteiger partial charge in [-0.1, -0.05) is 27.7 Å². The van der Waals surface area contributed by atoms with E-state index in [0.29, 0.717) is 34.6 Å². The molecule has 9 heteroatoms. The van der Waals surface area contributed by atoms with E-state index < -0.39 is 23.3 Å². The van der Waals surface area contributed by atoms with Gasteiger partial charge in [0.05, 0.1) is 26.6 Å². The highest BCUT2D eigenvalue weighted by atomic mass is 16.5. The minimum Gasteiger partial charge on any atom is -0.496 e. The van der Waals surface area contributed by atoms with Gasteiger partial charge in [0.2, 0.25) is 17.7 Å². The van der Waals surface area contributed by atoms with Crippen LogP contribution < -0.4 is 20.7 Å². The van der Waals surface area contributed by atoms with Gasteiger partial charge in [0.1, 0.15) is 11.8 Å². The Bertz CT molecular complexity index is 1110. The monoisotopic (exact) mass is 555 g/mol. The molecule has 1 aromatic rings. The number of rotatable bonds is 12. The van der Waals surface area contributed by atoms with E-state index in [1.165, 1.54) is 14.0 Å². The highest BCUT2D eigenvalue weighted by Crippen LogP contribution is 2.52. The van der Waals surface area contributed by atoms with E-state index in [1.807, 2.05) is 0 Å². The lowest BCUT2D eigenvalue weighted by molar-refractivity contribution is -0.140. The molecule has 1 aromatic carbocycles. The van der Waals surface area contributed by atoms with Crippen LogP contribution >= 0.6 is 0 Å². The topological polar surface area (TPSA) is 131 Å². The average Bonchev–Trinajstić information content (AvgIpc) is 2.87. The Morgan fingerprint density at radius 3 is 2.17 bits per heavy atom. The second-order valence-electron chi connectivity index (χ2n) is 12.4. The van der Waals surface area contributed by atoms with E-state index >= 15 is 0 Å². The average molecular weight is 556 g/mol. The summed E-state index contributed by atoms with van der Waals surface area (Å²) in [5, 5.41) is 8.21. The molecule has 0 aliphatic heterocycles. The van der Waals surface area contributed by atoms with Gasteiger partial charge in [0, 0.05) is 16.5 Å². The lowest BCUT2D eigenvalue weighted by Gasteiger charge is -2.48. The lowest BCUT2D eigenvalue weighted by atomic mass is 9.56. The number of hydrogen-bond acceptors (Lipinski definition) is 6. The van der Waals surface area contributed by atoms with Gasteiger partial charge < -0.3 is 20.7 Å². The van der Waals surface area contributed by atoms with E-state index in [1.54, 1.807) is 32.0 Å². The van der Waals surface area contributed by atoms with Crippen LogP contribution in [0.25, 0.3) is 0 Å². The molecule has 2 fully saturated rings. The third-order valence-electron chi connectivity index (χ3n) is 8.32. The van der Waals surface area contributed by atoms with Crippen molar-refractivity contribution in [3.63, 3.8) is 0 Å². The Hall–Kier alpha value is -3.23. The first kappa shape index (κ1) is 31.3. The first-order chi connectivity index (χ1) is 18.8. The molecule has 40 heavy (non-hydrogen) atoms. The van der Waals surface area contributed by atoms with Gasteiger partial charge in [-0.15, -0.1) is 0 Å². The fourth-order valence-electron chi connectivity index (χ4n) is 6.78. The number of Topliss-reactive ketones (excluding diaryl/α,β-unsaturated/α-hetero) is 2. The number of methoxy groups -OCH3 is 1. The zero-order valence-corrected chi connectivity index (χ0v) is 24.7. The van der Waals surface area contributed by atoms with Crippen LogP contribution in [-0.4, -0.2) is 55.5 Å². The van der Waals surface area contributed by atoms with Gasteiger partial charge in [-0.3, -0.25) is 24.0 Å². The van der Waals surface area contributed by atoms with Crippen molar-refractivity contribution in [1.82, 2.24) is 16.0 Å². The third-order valence-corrected chi connectivity index (χ3v) is 8.32. The highest BCUT2D eigenvalue weighted by Gasteiger charge is 2.48. The minimum absolute atomic E-state index is 0.0492. The molecule has 0 aromatic heterocycles. The zero-order chi connectivity index (χ0) is 29.6. The maximum atomic E-state index is 13.2. The number of hydrogen-bond donors (Lipinski definition) is 3. The van der Waals surface area contributed by atoms with Crippen LogP contribution in [0.15, 0.2) is 18.2 Å². The molecule has 3 unspecified atom stereocenters. The molecule has 3 amide bonds. The van der Waals surface area contributed by atoms with Crippen LogP contribution in [0.5, 0.6) is 5.75 Å². The van der Waals surface area contributed by atoms with Crippen LogP contribution in [0.3, 0.4) is 0 Å². The first-order valence-electron chi connectivity index (χ1n) is 14.4. The Balaban J connectivity index is 1.52. The summed E-state index contributed by atoms with van der Waals surface area (Å²) in [7, 11) is 1.48. The number of nitrogens with one attached hydrogen (secondary N) is 3. The third kappa shape index (κ3) is 7.92. The summed E-state index contributed by atoms with van der Waals surface area (Å²) in [4.78, 5) is 63.3. The van der Waals surface area contributed by atoms with Gasteiger partial charge in [0.15, 0.2) is 11.6 Å². The SMILES string of the molecule is COc1ccc(C(C)=O)cc1CC(=O)NC(C(=O)NCC(=O)CNC(=O)C12CC(C)CC(CC(C)C1)C2)C(C)C. The minimum atomic E-state index is -0.861. The number of ketones is 2. The van der Waals surface area contributed by atoms with Crippen LogP contribution in [0.4, 0.5) is 0 Å². The number of amides is 3. The number of carbonyl (C=O) groups is 5. The fourth-order valence-corrected chi connectivity index (χ4v) is 6.78. The van der Waals surface area contributed by atoms with Gasteiger partial charge in [-0.25, -0.2) is 0 Å². The molecule has 0 spiro atoms. The molecule has 3 N–H and O–H groups in total. The molecule has 2 aliphatic carbocycles. The second-order valence-corrected chi connectivity index (χ2v) is 12.4. The van der Waals surface area contributed by atoms with Crippen molar-refractivity contribution >= 4 is 29.3 Å². The highest BCUT2D eigenvalue weighted by molar-refractivity contribution is 5.96. The van der Waals surface area contributed by atoms with Crippen molar-refractivity contribution < 1.29 is 28.7 Å². The van der Waals surface area contributed by atoms with Crippen LogP contribution in [0.1, 0.15) is 82.6 Å². The molecule has 9 nitrogen and oxygen atoms in total. The van der Waals surface area contributed by atoms with E-state index in [0.717, 1.165) is 32.1 Å². The zero-order valence-electron chi connectivity index (χ0n) is 24.7. The standard InChI is InChI=1S/C31H45N3O6/c1-18(2)28(34-27(37)12-24-11-23(21(5)35)7-8-26(24)40-6)29(38)32-16-25(36)17-33-30(39)31-13-19(3)9-22(15-31)10-20(4)14-31/h7-8,11,18-20,22,28H,9-10,12-17H2,1-6H3,(H,32,38)(H,33,39)(H,34,37). The number of fused-ring (bicyclic) bond motifs is 2. The summed E-state index contributed by atoms with van der Waals surface area (Å²) in [6, 6.07) is 4.02. The second kappa shape index (κ2) is 13.4. The largest absolute Gasteiger partial charge is 0.496 e. The smallest absolute Gasteiger partial charge is 0.243 e. The van der Waals surface area contributed by atoms with E-state index in [2.05, 4.69) is 29.8 Å². The van der Waals surface area contributed by atoms with E-state index in [4.69, 9.17) is 4.74 Å². The van der Waals surface area contributed by atoms with Crippen LogP contribution in [-0.2, 0) is 25.6 Å². The molecule has 220 valence electrons. The van der Waals surface area contributed by atoms with Crippen molar-refractivity contribution in [2.24, 2.45) is 29.1 Å². The van der Waals surface area contributed by atoms with Gasteiger partial charge >= 0.3 is 0 Å². The number of benzene rings is 1. The molecule has 2 bridgehead atoms. The van der Waals surface area contributed by atoms with Gasteiger partial charge in [0.25, 0.3) is 0 Å². The molecular formula is C31H45N3O6. The molecule has 0 saturated heterocycles. The molecule has 0 radical (unpaired) electrons. The molecular weight excluding hydrogens is 510 g/mol. The summed E-state index contributed by atoms with van der Waals surface area (Å²) in [5.74, 6) is 0.420. The van der Waals surface area contributed by atoms with Crippen LogP contribution in [0.2, 0.25) is 0 Å². The quantitative estimate of drug-likeness (QED) is 0.340. The Labute approximate surface area is 237 Å². The summed E-state index contributed by atoms with van der Waals surface area (Å²) < 4.78 is 5.32. The van der Waals surface area contributed by atoms with Crippen molar-refractivity contribution in [3.8, 4) is 5.75 Å². The van der Waals surface area contributed by atoms with E-state index in [-0.39, 0.29) is 42.9 Å². The van der Waals surface area contributed by atoms with Crippen molar-refractivity contribution in [2.45, 2.75) is 79.2 Å². The summed E-state index contributed by atoms with van der Waals surface area (Å²) in [5.41, 5.74) is 0.596. The van der Waals surface area contributed by atoms with Gasteiger partial charge in [-0.2, -0.15) is 0 Å². The fraction of sp³-hybridized carbons (Fsp3) is 0.645. The predicted molar refractivity (Wildman–Crippen MR) is 152 cm³/mol. The molecule has 0 heterocycles. The van der Waals surface area contributed by atoms with Crippen LogP contribution in [0, 0.1) is 29.1 Å². The molecule has 3 rings (SSSR count). The maximum absolute atomic E-state index is 13.2. The van der Waals surface area contributed by atoms with E-state index in [9.17, 15) is 24.0 Å². The van der Waals surface area contributed by atoms with Crippen molar-refractivity contribution in [1.29, 1.82) is 0 Å². The first-order valence-corrected chi connectivity index (χ1v) is 14.4. The Morgan fingerprint density at radius 2 is 1.60 bits per heavy atom. The number of carbonyl (C=O) groups excluding carboxylic acids is 5.